The lowest BCUT2D eigenvalue weighted by Gasteiger charge is -2.12. The summed E-state index contributed by atoms with van der Waals surface area (Å²) in [6, 6.07) is 5.10. The Morgan fingerprint density at radius 3 is 2.64 bits per heavy atom. The van der Waals surface area contributed by atoms with Crippen molar-refractivity contribution in [3.63, 3.8) is 0 Å². The van der Waals surface area contributed by atoms with E-state index in [1.807, 2.05) is 0 Å². The molecular formula is C15H15N3O7. The molecule has 0 spiro atoms. The molecule has 0 aliphatic heterocycles. The van der Waals surface area contributed by atoms with Crippen LogP contribution in [0.5, 0.6) is 5.75 Å². The summed E-state index contributed by atoms with van der Waals surface area (Å²) in [5.74, 6) is -0.806. The van der Waals surface area contributed by atoms with Gasteiger partial charge < -0.3 is 19.3 Å². The van der Waals surface area contributed by atoms with Crippen molar-refractivity contribution in [2.75, 3.05) is 12.4 Å². The zero-order chi connectivity index (χ0) is 18.6. The molecule has 25 heavy (non-hydrogen) atoms. The fourth-order valence-electron chi connectivity index (χ4n) is 1.89. The highest BCUT2D eigenvalue weighted by molar-refractivity contribution is 5.97. The van der Waals surface area contributed by atoms with Crippen molar-refractivity contribution in [1.29, 1.82) is 0 Å². The van der Waals surface area contributed by atoms with Gasteiger partial charge in [0.2, 0.25) is 0 Å². The van der Waals surface area contributed by atoms with Crippen LogP contribution >= 0.6 is 0 Å². The van der Waals surface area contributed by atoms with E-state index in [1.54, 1.807) is 6.92 Å². The summed E-state index contributed by atoms with van der Waals surface area (Å²) in [4.78, 5) is 34.4. The van der Waals surface area contributed by atoms with Crippen molar-refractivity contribution in [3.05, 3.63) is 45.7 Å². The zero-order valence-electron chi connectivity index (χ0n) is 13.6. The molecule has 2 aromatic rings. The molecule has 1 atom stereocenters. The third kappa shape index (κ3) is 4.31. The predicted molar refractivity (Wildman–Crippen MR) is 84.4 cm³/mol. The molecule has 0 bridgehead atoms. The van der Waals surface area contributed by atoms with E-state index >= 15 is 0 Å². The Kier molecular flexibility index (Phi) is 5.32. The van der Waals surface area contributed by atoms with Crippen LogP contribution in [0.1, 0.15) is 23.0 Å². The first-order valence-corrected chi connectivity index (χ1v) is 7.09. The molecule has 0 radical (unpaired) electrons. The number of esters is 1. The second-order valence-electron chi connectivity index (χ2n) is 5.00. The van der Waals surface area contributed by atoms with E-state index in [4.69, 9.17) is 14.0 Å². The molecule has 0 saturated carbocycles. The van der Waals surface area contributed by atoms with Crippen LogP contribution in [0.4, 0.5) is 11.5 Å². The minimum Gasteiger partial charge on any atom is -0.490 e. The van der Waals surface area contributed by atoms with Gasteiger partial charge in [-0.05, 0) is 26.0 Å². The number of amides is 1. The average molecular weight is 349 g/mol. The smallest absolute Gasteiger partial charge is 0.339 e. The lowest BCUT2D eigenvalue weighted by Crippen LogP contribution is -2.30. The SMILES string of the molecule is COc1ccc(C(=O)O[C@@H](C)C(=O)Nc2cc(C)on2)cc1[N+](=O)[O-]. The Morgan fingerprint density at radius 2 is 2.08 bits per heavy atom. The zero-order valence-corrected chi connectivity index (χ0v) is 13.6. The summed E-state index contributed by atoms with van der Waals surface area (Å²) in [7, 11) is 1.28. The highest BCUT2D eigenvalue weighted by Gasteiger charge is 2.23. The Morgan fingerprint density at radius 1 is 1.36 bits per heavy atom. The van der Waals surface area contributed by atoms with Crippen LogP contribution in [0.2, 0.25) is 0 Å². The van der Waals surface area contributed by atoms with Crippen LogP contribution in [-0.4, -0.2) is 35.2 Å². The molecule has 1 amide bonds. The number of rotatable bonds is 6. The van der Waals surface area contributed by atoms with Gasteiger partial charge in [-0.1, -0.05) is 5.16 Å². The Labute approximate surface area is 141 Å². The molecule has 1 heterocycles. The number of benzene rings is 1. The maximum atomic E-state index is 12.1. The van der Waals surface area contributed by atoms with Gasteiger partial charge in [-0.25, -0.2) is 4.79 Å². The average Bonchev–Trinajstić information content (AvgIpc) is 2.98. The molecule has 1 N–H and O–H groups in total. The van der Waals surface area contributed by atoms with Gasteiger partial charge in [0.05, 0.1) is 17.6 Å². The first-order valence-electron chi connectivity index (χ1n) is 7.09. The molecule has 132 valence electrons. The van der Waals surface area contributed by atoms with E-state index in [0.717, 1.165) is 6.07 Å². The van der Waals surface area contributed by atoms with Gasteiger partial charge >= 0.3 is 11.7 Å². The van der Waals surface area contributed by atoms with Crippen LogP contribution < -0.4 is 10.1 Å². The van der Waals surface area contributed by atoms with E-state index in [-0.39, 0.29) is 22.8 Å². The van der Waals surface area contributed by atoms with Gasteiger partial charge in [0.1, 0.15) is 5.76 Å². The van der Waals surface area contributed by atoms with Gasteiger partial charge in [0, 0.05) is 12.1 Å². The summed E-state index contributed by atoms with van der Waals surface area (Å²) in [6.07, 6.45) is -1.15. The lowest BCUT2D eigenvalue weighted by atomic mass is 10.2. The maximum Gasteiger partial charge on any atom is 0.339 e. The number of ether oxygens (including phenoxy) is 2. The van der Waals surface area contributed by atoms with Gasteiger partial charge in [-0.3, -0.25) is 14.9 Å². The minimum absolute atomic E-state index is 0.00810. The highest BCUT2D eigenvalue weighted by atomic mass is 16.6. The van der Waals surface area contributed by atoms with E-state index in [2.05, 4.69) is 10.5 Å². The van der Waals surface area contributed by atoms with Crippen LogP contribution in [0.15, 0.2) is 28.8 Å². The molecule has 0 aliphatic rings. The fraction of sp³-hybridized carbons (Fsp3) is 0.267. The number of carbonyl (C=O) groups excluding carboxylic acids is 2. The fourth-order valence-corrected chi connectivity index (χ4v) is 1.89. The number of nitro benzene ring substituents is 1. The summed E-state index contributed by atoms with van der Waals surface area (Å²) >= 11 is 0. The molecule has 1 aromatic heterocycles. The van der Waals surface area contributed by atoms with Crippen molar-refractivity contribution in [3.8, 4) is 5.75 Å². The summed E-state index contributed by atoms with van der Waals surface area (Å²) < 4.78 is 14.7. The van der Waals surface area contributed by atoms with E-state index < -0.39 is 22.9 Å². The second kappa shape index (κ2) is 7.43. The number of hydrogen-bond donors (Lipinski definition) is 1. The van der Waals surface area contributed by atoms with Crippen molar-refractivity contribution in [1.82, 2.24) is 5.16 Å². The van der Waals surface area contributed by atoms with Crippen molar-refractivity contribution >= 4 is 23.4 Å². The number of anilines is 1. The third-order valence-electron chi connectivity index (χ3n) is 3.14. The summed E-state index contributed by atoms with van der Waals surface area (Å²) in [6.45, 7) is 3.01. The third-order valence-corrected chi connectivity index (χ3v) is 3.14. The topological polar surface area (TPSA) is 134 Å². The van der Waals surface area contributed by atoms with Gasteiger partial charge in [0.25, 0.3) is 5.91 Å². The molecule has 10 heteroatoms. The predicted octanol–water partition coefficient (Wildman–Crippen LogP) is 2.08. The lowest BCUT2D eigenvalue weighted by molar-refractivity contribution is -0.385. The number of aryl methyl sites for hydroxylation is 1. The van der Waals surface area contributed by atoms with Crippen molar-refractivity contribution in [2.24, 2.45) is 0 Å². The molecule has 0 fully saturated rings. The molecule has 2 rings (SSSR count). The largest absolute Gasteiger partial charge is 0.490 e. The highest BCUT2D eigenvalue weighted by Crippen LogP contribution is 2.27. The van der Waals surface area contributed by atoms with Crippen LogP contribution in [0.25, 0.3) is 0 Å². The van der Waals surface area contributed by atoms with Crippen LogP contribution in [-0.2, 0) is 9.53 Å². The standard InChI is InChI=1S/C15H15N3O7/c1-8-6-13(17-25-8)16-14(19)9(2)24-15(20)10-4-5-12(23-3)11(7-10)18(21)22/h4-7,9H,1-3H3,(H,16,17,19)/t9-/m0/s1. The quantitative estimate of drug-likeness (QED) is 0.476. The number of nitrogens with zero attached hydrogens (tertiary/aromatic N) is 2. The van der Waals surface area contributed by atoms with Gasteiger partial charge in [-0.15, -0.1) is 0 Å². The monoisotopic (exact) mass is 349 g/mol. The first kappa shape index (κ1) is 17.9. The number of carbonyl (C=O) groups is 2. The molecule has 0 unspecified atom stereocenters. The minimum atomic E-state index is -1.15. The van der Waals surface area contributed by atoms with E-state index in [9.17, 15) is 19.7 Å². The normalized spacial score (nSPS) is 11.5. The molecule has 0 aliphatic carbocycles. The van der Waals surface area contributed by atoms with Gasteiger partial charge in [0.15, 0.2) is 17.7 Å². The molecule has 1 aromatic carbocycles. The second-order valence-corrected chi connectivity index (χ2v) is 5.00. The number of methoxy groups -OCH3 is 1. The number of nitro groups is 1. The van der Waals surface area contributed by atoms with Crippen molar-refractivity contribution < 1.29 is 28.5 Å². The Balaban J connectivity index is 2.06. The van der Waals surface area contributed by atoms with Crippen LogP contribution in [0.3, 0.4) is 0 Å². The Hall–Kier alpha value is -3.43. The van der Waals surface area contributed by atoms with E-state index in [0.29, 0.717) is 5.76 Å². The summed E-state index contributed by atoms with van der Waals surface area (Å²) in [5, 5.41) is 17.0. The van der Waals surface area contributed by atoms with Crippen molar-refractivity contribution in [2.45, 2.75) is 20.0 Å². The summed E-state index contributed by atoms with van der Waals surface area (Å²) in [5.41, 5.74) is -0.462. The number of aromatic nitrogens is 1. The Bertz CT molecular complexity index is 815. The maximum absolute atomic E-state index is 12.1. The van der Waals surface area contributed by atoms with Crippen LogP contribution in [0, 0.1) is 17.0 Å². The molecular weight excluding hydrogens is 334 g/mol. The van der Waals surface area contributed by atoms with E-state index in [1.165, 1.54) is 32.2 Å². The molecule has 10 nitrogen and oxygen atoms in total. The molecule has 0 saturated heterocycles. The number of nitrogens with one attached hydrogen (secondary N) is 1. The van der Waals surface area contributed by atoms with Gasteiger partial charge in [-0.2, -0.15) is 0 Å². The first-order chi connectivity index (χ1) is 11.8. The number of hydrogen-bond acceptors (Lipinski definition) is 8.